The molecular weight excluding hydrogens is 705 g/mol. The number of ether oxygens (including phenoxy) is 1. The van der Waals surface area contributed by atoms with Gasteiger partial charge in [0.2, 0.25) is 0 Å². The summed E-state index contributed by atoms with van der Waals surface area (Å²) in [6.45, 7) is 22.0. The zero-order valence-corrected chi connectivity index (χ0v) is 36.3. The molecule has 3 aromatic rings. The summed E-state index contributed by atoms with van der Waals surface area (Å²) in [7, 11) is -1.65. The largest absolute Gasteiger partial charge is 0.480 e. The number of aliphatic carboxylic acids is 1. The highest BCUT2D eigenvalue weighted by Gasteiger charge is 2.24. The molecule has 2 unspecified atom stereocenters. The van der Waals surface area contributed by atoms with Crippen LogP contribution in [0.5, 0.6) is 0 Å². The standard InChI is InChI=1S/C24H30N2O5S.C8H10O.C5H12S.3C2H6/c1-17-7-3-4-8-19(17)21-15-18(16-26-12-5-6-13-26)9-10-20(21)23(27)25-22(24(28)29)11-14-32(2,30)31;1-9-7-8-5-3-2-4-6-8;1-4-5(2)6-3;3*1-2/h3-4,7-10,15,22H,5-6,11-14,16H2,1-2H3,(H,25,27)(H,28,29);2-6H,7H2,1H3;5H,4H2,1-3H3;3*1-2H3. The van der Waals surface area contributed by atoms with Crippen molar-refractivity contribution in [2.75, 3.05) is 38.5 Å². The lowest BCUT2D eigenvalue weighted by atomic mass is 9.93. The molecular formula is C43H70N2O6S2. The van der Waals surface area contributed by atoms with Crippen LogP contribution in [-0.4, -0.2) is 80.1 Å². The lowest BCUT2D eigenvalue weighted by Crippen LogP contribution is -2.42. The van der Waals surface area contributed by atoms with E-state index in [1.165, 1.54) is 24.8 Å². The molecule has 2 atom stereocenters. The van der Waals surface area contributed by atoms with Crippen LogP contribution in [0, 0.1) is 6.92 Å². The monoisotopic (exact) mass is 774 g/mol. The average molecular weight is 775 g/mol. The summed E-state index contributed by atoms with van der Waals surface area (Å²) in [5.74, 6) is -2.11. The predicted molar refractivity (Wildman–Crippen MR) is 229 cm³/mol. The van der Waals surface area contributed by atoms with Crippen LogP contribution in [0.25, 0.3) is 11.1 Å². The number of carboxylic acids is 1. The van der Waals surface area contributed by atoms with Crippen molar-refractivity contribution in [2.45, 2.75) is 112 Å². The molecule has 1 fully saturated rings. The Hall–Kier alpha value is -3.18. The Kier molecular flexibility index (Phi) is 30.6. The third-order valence-electron chi connectivity index (χ3n) is 7.88. The molecule has 1 amide bonds. The van der Waals surface area contributed by atoms with Gasteiger partial charge in [-0.2, -0.15) is 11.8 Å². The molecule has 1 aliphatic heterocycles. The van der Waals surface area contributed by atoms with Crippen LogP contribution in [0.15, 0.2) is 72.8 Å². The first-order chi connectivity index (χ1) is 25.4. The minimum absolute atomic E-state index is 0.188. The van der Waals surface area contributed by atoms with Gasteiger partial charge in [0, 0.05) is 30.7 Å². The van der Waals surface area contributed by atoms with Gasteiger partial charge in [-0.1, -0.05) is 116 Å². The molecule has 0 bridgehead atoms. The number of hydrogen-bond donors (Lipinski definition) is 2. The molecule has 300 valence electrons. The van der Waals surface area contributed by atoms with Crippen molar-refractivity contribution in [3.63, 3.8) is 0 Å². The number of methoxy groups -OCH3 is 1. The quantitative estimate of drug-likeness (QED) is 0.177. The van der Waals surface area contributed by atoms with Crippen molar-refractivity contribution in [1.29, 1.82) is 0 Å². The molecule has 1 aliphatic rings. The van der Waals surface area contributed by atoms with Crippen LogP contribution < -0.4 is 5.32 Å². The lowest BCUT2D eigenvalue weighted by molar-refractivity contribution is -0.139. The summed E-state index contributed by atoms with van der Waals surface area (Å²) >= 11 is 1.92. The van der Waals surface area contributed by atoms with Gasteiger partial charge >= 0.3 is 5.97 Å². The predicted octanol–water partition coefficient (Wildman–Crippen LogP) is 9.94. The number of thioether (sulfide) groups is 1. The van der Waals surface area contributed by atoms with Crippen molar-refractivity contribution < 1.29 is 27.9 Å². The Balaban J connectivity index is 0. The molecule has 0 radical (unpaired) electrons. The van der Waals surface area contributed by atoms with E-state index in [1.807, 2.05) is 127 Å². The van der Waals surface area contributed by atoms with Gasteiger partial charge in [-0.3, -0.25) is 9.69 Å². The van der Waals surface area contributed by atoms with Crippen LogP contribution in [0.3, 0.4) is 0 Å². The van der Waals surface area contributed by atoms with Gasteiger partial charge < -0.3 is 15.2 Å². The fourth-order valence-electron chi connectivity index (χ4n) is 4.92. The van der Waals surface area contributed by atoms with Gasteiger partial charge in [-0.25, -0.2) is 13.2 Å². The van der Waals surface area contributed by atoms with Crippen LogP contribution in [-0.2, 0) is 32.5 Å². The molecule has 0 spiro atoms. The Morgan fingerprint density at radius 3 is 1.92 bits per heavy atom. The molecule has 0 saturated carbocycles. The topological polar surface area (TPSA) is 113 Å². The van der Waals surface area contributed by atoms with Crippen molar-refractivity contribution in [3.05, 3.63) is 95.1 Å². The van der Waals surface area contributed by atoms with E-state index in [0.717, 1.165) is 53.4 Å². The smallest absolute Gasteiger partial charge is 0.326 e. The van der Waals surface area contributed by atoms with Gasteiger partial charge in [-0.05, 0) is 91.9 Å². The zero-order valence-electron chi connectivity index (χ0n) is 34.7. The fraction of sp³-hybridized carbons (Fsp3) is 0.535. The van der Waals surface area contributed by atoms with Gasteiger partial charge in [-0.15, -0.1) is 0 Å². The molecule has 53 heavy (non-hydrogen) atoms. The van der Waals surface area contributed by atoms with E-state index in [2.05, 4.69) is 30.3 Å². The van der Waals surface area contributed by atoms with Gasteiger partial charge in [0.15, 0.2) is 0 Å². The number of carbonyl (C=O) groups is 2. The van der Waals surface area contributed by atoms with Crippen LogP contribution in [0.2, 0.25) is 0 Å². The number of nitrogens with zero attached hydrogens (tertiary/aromatic N) is 1. The molecule has 1 saturated heterocycles. The highest BCUT2D eigenvalue weighted by atomic mass is 32.2. The van der Waals surface area contributed by atoms with E-state index in [9.17, 15) is 23.1 Å². The normalized spacial score (nSPS) is 12.9. The number of aryl methyl sites for hydroxylation is 1. The Morgan fingerprint density at radius 1 is 0.887 bits per heavy atom. The second-order valence-corrected chi connectivity index (χ2v) is 15.4. The van der Waals surface area contributed by atoms with Gasteiger partial charge in [0.05, 0.1) is 12.4 Å². The number of sulfone groups is 1. The molecule has 10 heteroatoms. The number of hydrogen-bond acceptors (Lipinski definition) is 7. The first-order valence-electron chi connectivity index (χ1n) is 19.1. The molecule has 1 heterocycles. The molecule has 8 nitrogen and oxygen atoms in total. The van der Waals surface area contributed by atoms with Crippen LogP contribution in [0.4, 0.5) is 0 Å². The summed E-state index contributed by atoms with van der Waals surface area (Å²) in [5, 5.41) is 12.9. The first kappa shape index (κ1) is 51.9. The van der Waals surface area contributed by atoms with Crippen molar-refractivity contribution in [2.24, 2.45) is 0 Å². The van der Waals surface area contributed by atoms with Gasteiger partial charge in [0.25, 0.3) is 5.91 Å². The third-order valence-corrected chi connectivity index (χ3v) is 10.00. The summed E-state index contributed by atoms with van der Waals surface area (Å²) < 4.78 is 27.8. The number of amides is 1. The van der Waals surface area contributed by atoms with Crippen LogP contribution >= 0.6 is 11.8 Å². The van der Waals surface area contributed by atoms with Gasteiger partial charge in [0.1, 0.15) is 15.9 Å². The average Bonchev–Trinajstić information content (AvgIpc) is 3.69. The Bertz CT molecular complexity index is 1490. The highest BCUT2D eigenvalue weighted by Crippen LogP contribution is 2.29. The fourth-order valence-corrected chi connectivity index (χ4v) is 5.91. The van der Waals surface area contributed by atoms with E-state index in [-0.39, 0.29) is 12.2 Å². The molecule has 2 N–H and O–H groups in total. The summed E-state index contributed by atoms with van der Waals surface area (Å²) in [5.41, 5.74) is 5.34. The molecule has 4 rings (SSSR count). The Labute approximate surface area is 327 Å². The Morgan fingerprint density at radius 2 is 1.45 bits per heavy atom. The van der Waals surface area contributed by atoms with Crippen LogP contribution in [0.1, 0.15) is 108 Å². The maximum atomic E-state index is 13.1. The number of benzene rings is 3. The van der Waals surface area contributed by atoms with E-state index >= 15 is 0 Å². The maximum Gasteiger partial charge on any atom is 0.326 e. The first-order valence-corrected chi connectivity index (χ1v) is 22.4. The zero-order chi connectivity index (χ0) is 40.8. The van der Waals surface area contributed by atoms with E-state index in [1.54, 1.807) is 13.2 Å². The maximum absolute atomic E-state index is 13.1. The minimum atomic E-state index is -3.35. The second-order valence-electron chi connectivity index (χ2n) is 11.8. The number of carboxylic acid groups (broad SMARTS) is 1. The molecule has 0 aliphatic carbocycles. The number of carbonyl (C=O) groups excluding carboxylic acids is 1. The number of rotatable bonds is 13. The highest BCUT2D eigenvalue weighted by molar-refractivity contribution is 7.99. The summed E-state index contributed by atoms with van der Waals surface area (Å²) in [6.07, 6.45) is 6.68. The lowest BCUT2D eigenvalue weighted by Gasteiger charge is -2.19. The SMILES string of the molecule is CC.CC.CC.CCC(C)SC.COCc1ccccc1.Cc1ccccc1-c1cc(CN2CCCC2)ccc1C(=O)NC(CCS(C)(=O)=O)C(=O)O. The number of likely N-dealkylation sites (tertiary alicyclic amines) is 1. The van der Waals surface area contributed by atoms with E-state index in [4.69, 9.17) is 4.74 Å². The van der Waals surface area contributed by atoms with E-state index in [0.29, 0.717) is 12.2 Å². The summed E-state index contributed by atoms with van der Waals surface area (Å²) in [4.78, 5) is 27.1. The number of nitrogens with one attached hydrogen (secondary N) is 1. The second kappa shape index (κ2) is 31.2. The van der Waals surface area contributed by atoms with Crippen molar-refractivity contribution in [3.8, 4) is 11.1 Å². The van der Waals surface area contributed by atoms with Crippen molar-refractivity contribution >= 4 is 33.5 Å². The van der Waals surface area contributed by atoms with Crippen molar-refractivity contribution in [1.82, 2.24) is 10.2 Å². The molecule has 3 aromatic carbocycles. The third kappa shape index (κ3) is 22.6. The molecule has 0 aromatic heterocycles. The van der Waals surface area contributed by atoms with E-state index < -0.39 is 27.8 Å². The minimum Gasteiger partial charge on any atom is -0.480 e. The summed E-state index contributed by atoms with van der Waals surface area (Å²) in [6, 6.07) is 22.2.